The third-order valence-corrected chi connectivity index (χ3v) is 4.15. The van der Waals surface area contributed by atoms with Crippen LogP contribution in [-0.2, 0) is 17.0 Å². The fraction of sp³-hybridized carbons (Fsp3) is 0.737. The highest BCUT2D eigenvalue weighted by Gasteiger charge is 2.27. The Morgan fingerprint density at radius 3 is 2.44 bits per heavy atom. The molecule has 1 aromatic rings. The summed E-state index contributed by atoms with van der Waals surface area (Å²) in [6, 6.07) is 4.03. The fourth-order valence-corrected chi connectivity index (χ4v) is 3.17. The molecule has 1 atom stereocenters. The first-order valence-corrected chi connectivity index (χ1v) is 10.2. The maximum atomic E-state index is 12.0. The van der Waals surface area contributed by atoms with Crippen LogP contribution in [0.2, 0.25) is 0 Å². The Morgan fingerprint density at radius 1 is 1.24 bits per heavy atom. The van der Waals surface area contributed by atoms with Gasteiger partial charge in [0, 0.05) is 12.1 Å². The van der Waals surface area contributed by atoms with E-state index >= 15 is 0 Å². The number of furan rings is 1. The van der Waals surface area contributed by atoms with Gasteiger partial charge < -0.3 is 19.8 Å². The van der Waals surface area contributed by atoms with Crippen molar-refractivity contribution >= 4 is 17.9 Å². The van der Waals surface area contributed by atoms with E-state index in [2.05, 4.69) is 37.7 Å². The topological polar surface area (TPSA) is 63.5 Å². The number of rotatable bonds is 9. The molecule has 0 saturated carbocycles. The van der Waals surface area contributed by atoms with E-state index in [1.54, 1.807) is 11.8 Å². The molecule has 0 aliphatic carbocycles. The number of alkyl carbamates (subject to hydrolysis) is 1. The van der Waals surface area contributed by atoms with Gasteiger partial charge in [-0.3, -0.25) is 0 Å². The Morgan fingerprint density at radius 2 is 1.88 bits per heavy atom. The lowest BCUT2D eigenvalue weighted by Crippen LogP contribution is -2.52. The van der Waals surface area contributed by atoms with Gasteiger partial charge in [0.05, 0.1) is 12.3 Å². The molecule has 0 aliphatic heterocycles. The minimum absolute atomic E-state index is 0.239. The Bertz CT molecular complexity index is 537. The average molecular weight is 371 g/mol. The molecule has 2 N–H and O–H groups in total. The maximum absolute atomic E-state index is 12.0. The number of carbonyl (C=O) groups is 1. The molecule has 1 unspecified atom stereocenters. The molecule has 0 spiro atoms. The van der Waals surface area contributed by atoms with E-state index < -0.39 is 5.60 Å². The van der Waals surface area contributed by atoms with Crippen LogP contribution >= 0.6 is 11.8 Å². The zero-order chi connectivity index (χ0) is 19.1. The highest BCUT2D eigenvalue weighted by atomic mass is 32.2. The van der Waals surface area contributed by atoms with Crippen LogP contribution in [0.15, 0.2) is 16.5 Å². The van der Waals surface area contributed by atoms with E-state index in [0.717, 1.165) is 23.7 Å². The second-order valence-electron chi connectivity index (χ2n) is 8.17. The molecule has 25 heavy (non-hydrogen) atoms. The van der Waals surface area contributed by atoms with Crippen molar-refractivity contribution in [3.8, 4) is 0 Å². The van der Waals surface area contributed by atoms with Gasteiger partial charge in [-0.2, -0.15) is 11.8 Å². The predicted molar refractivity (Wildman–Crippen MR) is 105 cm³/mol. The number of hydrogen-bond acceptors (Lipinski definition) is 5. The molecule has 5 nitrogen and oxygen atoms in total. The molecule has 0 aromatic carbocycles. The molecule has 6 heteroatoms. The number of hydrogen-bond donors (Lipinski definition) is 2. The lowest BCUT2D eigenvalue weighted by atomic mass is 9.90. The van der Waals surface area contributed by atoms with Crippen molar-refractivity contribution in [1.82, 2.24) is 10.6 Å². The van der Waals surface area contributed by atoms with Gasteiger partial charge in [-0.1, -0.05) is 13.8 Å². The largest absolute Gasteiger partial charge is 0.464 e. The second-order valence-corrected chi connectivity index (χ2v) is 9.03. The lowest BCUT2D eigenvalue weighted by molar-refractivity contribution is 0.0507. The van der Waals surface area contributed by atoms with Gasteiger partial charge in [0.15, 0.2) is 0 Å². The molecule has 0 bridgehead atoms. The van der Waals surface area contributed by atoms with Gasteiger partial charge in [0.1, 0.15) is 17.1 Å². The van der Waals surface area contributed by atoms with E-state index in [0.29, 0.717) is 19.0 Å². The molecule has 1 heterocycles. The first kappa shape index (κ1) is 21.9. The van der Waals surface area contributed by atoms with Crippen LogP contribution in [-0.4, -0.2) is 30.0 Å². The molecule has 0 saturated heterocycles. The summed E-state index contributed by atoms with van der Waals surface area (Å²) in [6.07, 6.45) is 2.61. The summed E-state index contributed by atoms with van der Waals surface area (Å²) in [6.45, 7) is 13.2. The van der Waals surface area contributed by atoms with Crippen LogP contribution < -0.4 is 10.6 Å². The van der Waals surface area contributed by atoms with Crippen molar-refractivity contribution in [2.24, 2.45) is 5.92 Å². The quantitative estimate of drug-likeness (QED) is 0.667. The summed E-state index contributed by atoms with van der Waals surface area (Å²) in [5, 5.41) is 6.44. The van der Waals surface area contributed by atoms with Crippen LogP contribution in [0.3, 0.4) is 0 Å². The summed E-state index contributed by atoms with van der Waals surface area (Å²) >= 11 is 1.74. The molecule has 0 aliphatic rings. The molecule has 144 valence electrons. The van der Waals surface area contributed by atoms with Crippen LogP contribution in [0.1, 0.15) is 59.5 Å². The first-order valence-electron chi connectivity index (χ1n) is 8.81. The van der Waals surface area contributed by atoms with Crippen molar-refractivity contribution in [1.29, 1.82) is 0 Å². The molecular weight excluding hydrogens is 336 g/mol. The maximum Gasteiger partial charge on any atom is 0.407 e. The zero-order valence-corrected chi connectivity index (χ0v) is 17.5. The van der Waals surface area contributed by atoms with E-state index in [1.165, 1.54) is 0 Å². The minimum Gasteiger partial charge on any atom is -0.464 e. The van der Waals surface area contributed by atoms with Gasteiger partial charge in [0.2, 0.25) is 0 Å². The van der Waals surface area contributed by atoms with Gasteiger partial charge in [0.25, 0.3) is 0 Å². The molecule has 0 radical (unpaired) electrons. The number of thioether (sulfide) groups is 1. The molecule has 1 amide bonds. The Balaban J connectivity index is 2.62. The van der Waals surface area contributed by atoms with Crippen LogP contribution in [0.25, 0.3) is 0 Å². The normalized spacial score (nSPS) is 14.4. The van der Waals surface area contributed by atoms with Crippen molar-refractivity contribution in [2.45, 2.75) is 71.4 Å². The monoisotopic (exact) mass is 370 g/mol. The summed E-state index contributed by atoms with van der Waals surface area (Å²) in [5.74, 6) is 3.28. The SMILES string of the molecule is CSCc1ccc(CNC(C)(CNC(=O)OC(C)(C)C)CC(C)C)o1. The molecule has 0 fully saturated rings. The summed E-state index contributed by atoms with van der Waals surface area (Å²) in [7, 11) is 0. The van der Waals surface area contributed by atoms with Gasteiger partial charge in [-0.15, -0.1) is 0 Å². The van der Waals surface area contributed by atoms with Crippen molar-refractivity contribution in [2.75, 3.05) is 12.8 Å². The Labute approximate surface area is 156 Å². The molecule has 1 rings (SSSR count). The number of amides is 1. The zero-order valence-electron chi connectivity index (χ0n) is 16.7. The van der Waals surface area contributed by atoms with Crippen LogP contribution in [0.5, 0.6) is 0 Å². The highest BCUT2D eigenvalue weighted by Crippen LogP contribution is 2.19. The third kappa shape index (κ3) is 9.21. The van der Waals surface area contributed by atoms with Crippen LogP contribution in [0.4, 0.5) is 4.79 Å². The second kappa shape index (κ2) is 9.53. The molecular formula is C19H34N2O3S. The highest BCUT2D eigenvalue weighted by molar-refractivity contribution is 7.97. The van der Waals surface area contributed by atoms with E-state index in [4.69, 9.17) is 9.15 Å². The van der Waals surface area contributed by atoms with Gasteiger partial charge in [-0.25, -0.2) is 4.79 Å². The first-order chi connectivity index (χ1) is 11.5. The predicted octanol–water partition coefficient (Wildman–Crippen LogP) is 4.56. The number of ether oxygens (including phenoxy) is 1. The van der Waals surface area contributed by atoms with Crippen molar-refractivity contribution in [3.63, 3.8) is 0 Å². The summed E-state index contributed by atoms with van der Waals surface area (Å²) in [5.41, 5.74) is -0.731. The fourth-order valence-electron chi connectivity index (χ4n) is 2.73. The van der Waals surface area contributed by atoms with E-state index in [1.807, 2.05) is 32.9 Å². The Hall–Kier alpha value is -1.14. The van der Waals surface area contributed by atoms with Crippen LogP contribution in [0, 0.1) is 5.92 Å². The molecule has 1 aromatic heterocycles. The van der Waals surface area contributed by atoms with E-state index in [-0.39, 0.29) is 11.6 Å². The van der Waals surface area contributed by atoms with Gasteiger partial charge in [-0.05, 0) is 58.4 Å². The van der Waals surface area contributed by atoms with E-state index in [9.17, 15) is 4.79 Å². The lowest BCUT2D eigenvalue weighted by Gasteiger charge is -2.33. The van der Waals surface area contributed by atoms with Crippen molar-refractivity contribution < 1.29 is 13.9 Å². The van der Waals surface area contributed by atoms with Crippen molar-refractivity contribution in [3.05, 3.63) is 23.7 Å². The van der Waals surface area contributed by atoms with Gasteiger partial charge >= 0.3 is 6.09 Å². The average Bonchev–Trinajstić information content (AvgIpc) is 2.89. The number of carbonyl (C=O) groups excluding carboxylic acids is 1. The Kier molecular flexibility index (Phi) is 8.35. The number of nitrogens with one attached hydrogen (secondary N) is 2. The summed E-state index contributed by atoms with van der Waals surface area (Å²) < 4.78 is 11.2. The minimum atomic E-state index is -0.492. The summed E-state index contributed by atoms with van der Waals surface area (Å²) in [4.78, 5) is 12.0. The smallest absolute Gasteiger partial charge is 0.407 e. The third-order valence-electron chi connectivity index (χ3n) is 3.57. The standard InChI is InChI=1S/C19H34N2O3S/c1-14(2)10-19(6,13-20-17(22)24-18(3,4)5)21-11-15-8-9-16(23-15)12-25-7/h8-9,14,21H,10-13H2,1-7H3,(H,20,22).